The molecule has 0 aliphatic rings. The fourth-order valence-electron chi connectivity index (χ4n) is 0.534. The minimum Gasteiger partial charge on any atom is -0.265 e. The highest BCUT2D eigenvalue weighted by Gasteiger charge is 1.88. The van der Waals surface area contributed by atoms with Crippen LogP contribution in [0.1, 0.15) is 6.92 Å². The zero-order valence-corrected chi connectivity index (χ0v) is 6.88. The molecular weight excluding hydrogens is 134 g/mol. The first-order chi connectivity index (χ1) is 5.22. The van der Waals surface area contributed by atoms with Gasteiger partial charge in [0.1, 0.15) is 0 Å². The van der Waals surface area contributed by atoms with E-state index in [0.717, 1.165) is 11.1 Å². The smallest absolute Gasteiger partial charge is 0.0339 e. The molecule has 0 saturated carbocycles. The van der Waals surface area contributed by atoms with E-state index in [-0.39, 0.29) is 0 Å². The predicted octanol–water partition coefficient (Wildman–Crippen LogP) is 2.89. The van der Waals surface area contributed by atoms with Crippen molar-refractivity contribution in [3.8, 4) is 0 Å². The molecule has 0 saturated heterocycles. The molecule has 0 rings (SSSR count). The summed E-state index contributed by atoms with van der Waals surface area (Å²) in [5.41, 5.74) is 1.68. The number of rotatable bonds is 4. The maximum Gasteiger partial charge on any atom is 0.0339 e. The van der Waals surface area contributed by atoms with Crippen molar-refractivity contribution in [3.05, 3.63) is 49.2 Å². The number of hydrogen-bond acceptors (Lipinski definition) is 1. The Morgan fingerprint density at radius 1 is 1.27 bits per heavy atom. The standard InChI is InChI=1S/C10H13N/c1-5-7-9(3)10(4)8-11-6-2/h5-8H,2-4H2,1H3/b7-5-,11-8?. The van der Waals surface area contributed by atoms with Gasteiger partial charge in [-0.2, -0.15) is 0 Å². The van der Waals surface area contributed by atoms with Gasteiger partial charge in [-0.3, -0.25) is 4.99 Å². The Balaban J connectivity index is 4.14. The van der Waals surface area contributed by atoms with Crippen molar-refractivity contribution in [1.82, 2.24) is 0 Å². The quantitative estimate of drug-likeness (QED) is 0.428. The largest absolute Gasteiger partial charge is 0.265 e. The van der Waals surface area contributed by atoms with Gasteiger partial charge in [0.25, 0.3) is 0 Å². The second-order valence-corrected chi connectivity index (χ2v) is 2.01. The van der Waals surface area contributed by atoms with E-state index in [1.54, 1.807) is 6.21 Å². The van der Waals surface area contributed by atoms with Gasteiger partial charge in [0, 0.05) is 12.4 Å². The molecule has 0 aliphatic carbocycles. The molecule has 0 aromatic rings. The molecule has 0 unspecified atom stereocenters. The monoisotopic (exact) mass is 147 g/mol. The summed E-state index contributed by atoms with van der Waals surface area (Å²) >= 11 is 0. The van der Waals surface area contributed by atoms with Crippen molar-refractivity contribution in [2.45, 2.75) is 6.92 Å². The summed E-state index contributed by atoms with van der Waals surface area (Å²) < 4.78 is 0. The summed E-state index contributed by atoms with van der Waals surface area (Å²) in [5, 5.41) is 0. The Kier molecular flexibility index (Phi) is 4.74. The van der Waals surface area contributed by atoms with Gasteiger partial charge in [-0.15, -0.1) is 0 Å². The topological polar surface area (TPSA) is 12.4 Å². The van der Waals surface area contributed by atoms with Crippen LogP contribution in [0.4, 0.5) is 0 Å². The van der Waals surface area contributed by atoms with E-state index in [2.05, 4.69) is 24.7 Å². The summed E-state index contributed by atoms with van der Waals surface area (Å²) in [6, 6.07) is 0. The molecule has 0 radical (unpaired) electrons. The summed E-state index contributed by atoms with van der Waals surface area (Å²) in [5.74, 6) is 0. The Morgan fingerprint density at radius 2 is 1.91 bits per heavy atom. The molecule has 0 amide bonds. The van der Waals surface area contributed by atoms with Gasteiger partial charge in [-0.05, 0) is 18.1 Å². The zero-order valence-electron chi connectivity index (χ0n) is 6.88. The first-order valence-corrected chi connectivity index (χ1v) is 3.37. The molecule has 1 nitrogen and oxygen atoms in total. The van der Waals surface area contributed by atoms with Gasteiger partial charge in [0.05, 0.1) is 0 Å². The van der Waals surface area contributed by atoms with E-state index < -0.39 is 0 Å². The molecule has 0 aromatic carbocycles. The third-order valence-electron chi connectivity index (χ3n) is 1.12. The normalized spacial score (nSPS) is 10.6. The van der Waals surface area contributed by atoms with Crippen LogP contribution in [0.25, 0.3) is 0 Å². The molecule has 0 heterocycles. The average Bonchev–Trinajstić information content (AvgIpc) is 2.00. The van der Waals surface area contributed by atoms with Crippen molar-refractivity contribution in [1.29, 1.82) is 0 Å². The molecule has 0 fully saturated rings. The van der Waals surface area contributed by atoms with Crippen LogP contribution >= 0.6 is 0 Å². The highest BCUT2D eigenvalue weighted by atomic mass is 14.7. The molecule has 11 heavy (non-hydrogen) atoms. The van der Waals surface area contributed by atoms with Gasteiger partial charge < -0.3 is 0 Å². The lowest BCUT2D eigenvalue weighted by atomic mass is 10.1. The van der Waals surface area contributed by atoms with Crippen LogP contribution in [0.5, 0.6) is 0 Å². The van der Waals surface area contributed by atoms with Crippen molar-refractivity contribution in [3.63, 3.8) is 0 Å². The van der Waals surface area contributed by atoms with Crippen LogP contribution in [-0.2, 0) is 0 Å². The summed E-state index contributed by atoms with van der Waals surface area (Å²) in [7, 11) is 0. The molecule has 1 heteroatoms. The van der Waals surface area contributed by atoms with Gasteiger partial charge >= 0.3 is 0 Å². The molecule has 0 aromatic heterocycles. The van der Waals surface area contributed by atoms with Crippen LogP contribution < -0.4 is 0 Å². The van der Waals surface area contributed by atoms with E-state index in [0.29, 0.717) is 0 Å². The second-order valence-electron chi connectivity index (χ2n) is 2.01. The maximum absolute atomic E-state index is 3.82. The molecule has 0 atom stereocenters. The lowest BCUT2D eigenvalue weighted by Crippen LogP contribution is -1.82. The number of nitrogens with zero attached hydrogens (tertiary/aromatic N) is 1. The van der Waals surface area contributed by atoms with E-state index in [9.17, 15) is 0 Å². The molecule has 0 N–H and O–H groups in total. The van der Waals surface area contributed by atoms with Crippen LogP contribution in [0.15, 0.2) is 54.2 Å². The SMILES string of the molecule is C=CN=CC(=C)C(=C)/C=C\C. The fourth-order valence-corrected chi connectivity index (χ4v) is 0.534. The third-order valence-corrected chi connectivity index (χ3v) is 1.12. The first-order valence-electron chi connectivity index (χ1n) is 3.37. The zero-order chi connectivity index (χ0) is 8.69. The lowest BCUT2D eigenvalue weighted by molar-refractivity contribution is 1.57. The predicted molar refractivity (Wildman–Crippen MR) is 51.8 cm³/mol. The van der Waals surface area contributed by atoms with Crippen LogP contribution in [-0.4, -0.2) is 6.21 Å². The lowest BCUT2D eigenvalue weighted by Gasteiger charge is -1.94. The molecular formula is C10H13N. The van der Waals surface area contributed by atoms with Gasteiger partial charge in [0.2, 0.25) is 0 Å². The molecule has 0 aliphatic heterocycles. The summed E-state index contributed by atoms with van der Waals surface area (Å²) in [6.45, 7) is 12.9. The first kappa shape index (κ1) is 9.63. The fraction of sp³-hybridized carbons (Fsp3) is 0.100. The summed E-state index contributed by atoms with van der Waals surface area (Å²) in [4.78, 5) is 3.82. The van der Waals surface area contributed by atoms with E-state index in [1.165, 1.54) is 6.20 Å². The average molecular weight is 147 g/mol. The van der Waals surface area contributed by atoms with Crippen LogP contribution in [0.2, 0.25) is 0 Å². The van der Waals surface area contributed by atoms with Crippen LogP contribution in [0, 0.1) is 0 Å². The van der Waals surface area contributed by atoms with Crippen molar-refractivity contribution in [2.75, 3.05) is 0 Å². The minimum atomic E-state index is 0.808. The van der Waals surface area contributed by atoms with E-state index in [4.69, 9.17) is 0 Å². The van der Waals surface area contributed by atoms with Crippen molar-refractivity contribution < 1.29 is 0 Å². The Bertz CT molecular complexity index is 219. The van der Waals surface area contributed by atoms with Gasteiger partial charge in [-0.1, -0.05) is 31.9 Å². The number of aliphatic imine (C=N–C) groups is 1. The Hall–Kier alpha value is -1.37. The maximum atomic E-state index is 3.82. The highest BCUT2D eigenvalue weighted by Crippen LogP contribution is 2.03. The Morgan fingerprint density at radius 3 is 2.36 bits per heavy atom. The number of hydrogen-bond donors (Lipinski definition) is 0. The molecule has 0 spiro atoms. The van der Waals surface area contributed by atoms with Crippen molar-refractivity contribution >= 4 is 6.21 Å². The molecule has 58 valence electrons. The minimum absolute atomic E-state index is 0.808. The van der Waals surface area contributed by atoms with Gasteiger partial charge in [-0.25, -0.2) is 0 Å². The van der Waals surface area contributed by atoms with E-state index >= 15 is 0 Å². The second kappa shape index (κ2) is 5.42. The molecule has 0 bridgehead atoms. The summed E-state index contributed by atoms with van der Waals surface area (Å²) in [6.07, 6.45) is 6.90. The van der Waals surface area contributed by atoms with E-state index in [1.807, 2.05) is 19.1 Å². The van der Waals surface area contributed by atoms with Crippen LogP contribution in [0.3, 0.4) is 0 Å². The highest BCUT2D eigenvalue weighted by molar-refractivity contribution is 5.84. The Labute approximate surface area is 68.2 Å². The number of allylic oxidation sites excluding steroid dienone is 4. The third kappa shape index (κ3) is 4.09. The van der Waals surface area contributed by atoms with Gasteiger partial charge in [0.15, 0.2) is 0 Å². The van der Waals surface area contributed by atoms with Crippen molar-refractivity contribution in [2.24, 2.45) is 4.99 Å².